The van der Waals surface area contributed by atoms with Crippen molar-refractivity contribution in [3.05, 3.63) is 30.6 Å². The first-order chi connectivity index (χ1) is 9.81. The van der Waals surface area contributed by atoms with Crippen LogP contribution in [0.2, 0.25) is 0 Å². The van der Waals surface area contributed by atoms with Gasteiger partial charge in [0.15, 0.2) is 5.16 Å². The zero-order valence-corrected chi connectivity index (χ0v) is 12.2. The fraction of sp³-hybridized carbons (Fsp3) is 0.429. The molecule has 1 saturated heterocycles. The van der Waals surface area contributed by atoms with Crippen LogP contribution in [0.1, 0.15) is 13.3 Å². The maximum absolute atomic E-state index is 5.43. The number of hydrogen-bond donors (Lipinski definition) is 2. The van der Waals surface area contributed by atoms with E-state index in [4.69, 9.17) is 4.74 Å². The fourth-order valence-corrected chi connectivity index (χ4v) is 3.00. The van der Waals surface area contributed by atoms with Gasteiger partial charge in [-0.15, -0.1) is 0 Å². The van der Waals surface area contributed by atoms with Crippen LogP contribution in [0.25, 0.3) is 0 Å². The number of benzene rings is 1. The highest BCUT2D eigenvalue weighted by Crippen LogP contribution is 2.26. The Labute approximate surface area is 122 Å². The van der Waals surface area contributed by atoms with Crippen molar-refractivity contribution in [3.63, 3.8) is 0 Å². The van der Waals surface area contributed by atoms with Crippen molar-refractivity contribution in [2.75, 3.05) is 18.5 Å². The molecule has 1 aliphatic rings. The SMILES string of the molecule is CC(Nc1ccc(Sc2ncn[nH]2)cc1)C1CCOC1. The molecule has 2 unspecified atom stereocenters. The van der Waals surface area contributed by atoms with Gasteiger partial charge in [0.2, 0.25) is 0 Å². The van der Waals surface area contributed by atoms with Gasteiger partial charge in [-0.3, -0.25) is 5.10 Å². The average Bonchev–Trinajstić information content (AvgIpc) is 3.13. The Morgan fingerprint density at radius 3 is 2.90 bits per heavy atom. The van der Waals surface area contributed by atoms with Gasteiger partial charge in [0.05, 0.1) is 6.61 Å². The fourth-order valence-electron chi connectivity index (χ4n) is 2.30. The molecule has 106 valence electrons. The lowest BCUT2D eigenvalue weighted by molar-refractivity contribution is 0.183. The number of aromatic nitrogens is 3. The Hall–Kier alpha value is -1.53. The molecule has 0 aliphatic carbocycles. The number of H-pyrrole nitrogens is 1. The van der Waals surface area contributed by atoms with E-state index in [1.807, 2.05) is 0 Å². The number of rotatable bonds is 5. The highest BCUT2D eigenvalue weighted by Gasteiger charge is 2.21. The number of hydrogen-bond acceptors (Lipinski definition) is 5. The summed E-state index contributed by atoms with van der Waals surface area (Å²) >= 11 is 1.57. The van der Waals surface area contributed by atoms with E-state index >= 15 is 0 Å². The summed E-state index contributed by atoms with van der Waals surface area (Å²) in [6.45, 7) is 3.98. The first-order valence-electron chi connectivity index (χ1n) is 6.79. The molecule has 5 nitrogen and oxygen atoms in total. The summed E-state index contributed by atoms with van der Waals surface area (Å²) in [5.41, 5.74) is 1.14. The van der Waals surface area contributed by atoms with Crippen LogP contribution < -0.4 is 5.32 Å². The predicted molar refractivity (Wildman–Crippen MR) is 79.0 cm³/mol. The molecule has 0 spiro atoms. The number of nitrogens with zero attached hydrogens (tertiary/aromatic N) is 2. The Morgan fingerprint density at radius 1 is 1.40 bits per heavy atom. The molecule has 1 aromatic heterocycles. The Morgan fingerprint density at radius 2 is 2.25 bits per heavy atom. The van der Waals surface area contributed by atoms with E-state index < -0.39 is 0 Å². The van der Waals surface area contributed by atoms with Crippen LogP contribution in [0.4, 0.5) is 5.69 Å². The zero-order chi connectivity index (χ0) is 13.8. The van der Waals surface area contributed by atoms with Gasteiger partial charge in [0.1, 0.15) is 6.33 Å². The molecule has 3 rings (SSSR count). The third kappa shape index (κ3) is 3.32. The van der Waals surface area contributed by atoms with Gasteiger partial charge in [-0.1, -0.05) is 11.8 Å². The molecule has 1 aliphatic heterocycles. The maximum atomic E-state index is 5.43. The van der Waals surface area contributed by atoms with Gasteiger partial charge in [0.25, 0.3) is 0 Å². The quantitative estimate of drug-likeness (QED) is 0.886. The maximum Gasteiger partial charge on any atom is 0.188 e. The number of ether oxygens (including phenoxy) is 1. The lowest BCUT2D eigenvalue weighted by Gasteiger charge is -2.20. The molecule has 0 radical (unpaired) electrons. The molecule has 6 heteroatoms. The van der Waals surface area contributed by atoms with Gasteiger partial charge in [0, 0.05) is 29.1 Å². The van der Waals surface area contributed by atoms with E-state index in [0.717, 1.165) is 35.4 Å². The average molecular weight is 290 g/mol. The standard InChI is InChI=1S/C14H18N4OS/c1-10(11-6-7-19-8-11)17-12-2-4-13(5-3-12)20-14-15-9-16-18-14/h2-5,9-11,17H,6-8H2,1H3,(H,15,16,18). The van der Waals surface area contributed by atoms with Crippen molar-refractivity contribution in [2.24, 2.45) is 5.92 Å². The van der Waals surface area contributed by atoms with Crippen LogP contribution >= 0.6 is 11.8 Å². The van der Waals surface area contributed by atoms with Crippen LogP contribution in [0.15, 0.2) is 40.6 Å². The normalized spacial score (nSPS) is 19.9. The molecule has 1 aromatic carbocycles. The summed E-state index contributed by atoms with van der Waals surface area (Å²) in [5.74, 6) is 0.609. The van der Waals surface area contributed by atoms with Crippen molar-refractivity contribution in [1.29, 1.82) is 0 Å². The molecule has 1 fully saturated rings. The molecule has 2 atom stereocenters. The number of anilines is 1. The van der Waals surface area contributed by atoms with E-state index in [1.165, 1.54) is 6.33 Å². The minimum absolute atomic E-state index is 0.435. The van der Waals surface area contributed by atoms with Gasteiger partial charge >= 0.3 is 0 Å². The highest BCUT2D eigenvalue weighted by atomic mass is 32.2. The first kappa shape index (κ1) is 13.5. The van der Waals surface area contributed by atoms with Crippen molar-refractivity contribution in [2.45, 2.75) is 29.4 Å². The summed E-state index contributed by atoms with van der Waals surface area (Å²) in [6.07, 6.45) is 2.66. The second-order valence-corrected chi connectivity index (χ2v) is 6.04. The molecule has 2 N–H and O–H groups in total. The smallest absolute Gasteiger partial charge is 0.188 e. The van der Waals surface area contributed by atoms with E-state index in [1.54, 1.807) is 11.8 Å². The topological polar surface area (TPSA) is 62.8 Å². The van der Waals surface area contributed by atoms with Crippen LogP contribution in [-0.4, -0.2) is 34.4 Å². The summed E-state index contributed by atoms with van der Waals surface area (Å²) in [4.78, 5) is 5.24. The molecule has 0 amide bonds. The Kier molecular flexibility index (Phi) is 4.22. The largest absolute Gasteiger partial charge is 0.382 e. The van der Waals surface area contributed by atoms with Crippen molar-refractivity contribution in [1.82, 2.24) is 15.2 Å². The molecule has 0 saturated carbocycles. The van der Waals surface area contributed by atoms with Crippen molar-refractivity contribution >= 4 is 17.4 Å². The van der Waals surface area contributed by atoms with Crippen LogP contribution in [0.3, 0.4) is 0 Å². The van der Waals surface area contributed by atoms with Crippen LogP contribution in [0.5, 0.6) is 0 Å². The van der Waals surface area contributed by atoms with Crippen LogP contribution in [-0.2, 0) is 4.74 Å². The van der Waals surface area contributed by atoms with E-state index in [-0.39, 0.29) is 0 Å². The Balaban J connectivity index is 1.58. The predicted octanol–water partition coefficient (Wildman–Crippen LogP) is 2.79. The van der Waals surface area contributed by atoms with E-state index in [2.05, 4.69) is 51.7 Å². The molecular weight excluding hydrogens is 272 g/mol. The second kappa shape index (κ2) is 6.28. The number of nitrogens with one attached hydrogen (secondary N) is 2. The van der Waals surface area contributed by atoms with Crippen LogP contribution in [0, 0.1) is 5.92 Å². The van der Waals surface area contributed by atoms with Gasteiger partial charge in [-0.2, -0.15) is 5.10 Å². The minimum atomic E-state index is 0.435. The molecule has 0 bridgehead atoms. The molecular formula is C14H18N4OS. The molecule has 2 heterocycles. The number of aromatic amines is 1. The van der Waals surface area contributed by atoms with E-state index in [9.17, 15) is 0 Å². The monoisotopic (exact) mass is 290 g/mol. The van der Waals surface area contributed by atoms with Crippen molar-refractivity contribution in [3.8, 4) is 0 Å². The third-order valence-corrected chi connectivity index (χ3v) is 4.43. The summed E-state index contributed by atoms with van der Waals surface area (Å²) in [7, 11) is 0. The molecule has 2 aromatic rings. The Bertz CT molecular complexity index is 523. The van der Waals surface area contributed by atoms with Gasteiger partial charge in [-0.05, 0) is 37.6 Å². The first-order valence-corrected chi connectivity index (χ1v) is 7.60. The van der Waals surface area contributed by atoms with E-state index in [0.29, 0.717) is 12.0 Å². The summed E-state index contributed by atoms with van der Waals surface area (Å²) < 4.78 is 5.43. The molecule has 20 heavy (non-hydrogen) atoms. The van der Waals surface area contributed by atoms with Gasteiger partial charge in [-0.25, -0.2) is 4.98 Å². The lowest BCUT2D eigenvalue weighted by Crippen LogP contribution is -2.25. The van der Waals surface area contributed by atoms with Crippen molar-refractivity contribution < 1.29 is 4.74 Å². The summed E-state index contributed by atoms with van der Waals surface area (Å²) in [5, 5.41) is 11.0. The highest BCUT2D eigenvalue weighted by molar-refractivity contribution is 7.99. The second-order valence-electron chi connectivity index (χ2n) is 4.97. The van der Waals surface area contributed by atoms with Gasteiger partial charge < -0.3 is 10.1 Å². The lowest BCUT2D eigenvalue weighted by atomic mass is 10.0. The third-order valence-electron chi connectivity index (χ3n) is 3.53. The summed E-state index contributed by atoms with van der Waals surface area (Å²) in [6, 6.07) is 8.82. The minimum Gasteiger partial charge on any atom is -0.382 e. The zero-order valence-electron chi connectivity index (χ0n) is 11.4.